The molecule has 132 valence electrons. The van der Waals surface area contributed by atoms with Gasteiger partial charge >= 0.3 is 5.97 Å². The van der Waals surface area contributed by atoms with Crippen molar-refractivity contribution < 1.29 is 23.1 Å². The number of nitrogens with zero attached hydrogens (tertiary/aromatic N) is 1. The zero-order valence-electron chi connectivity index (χ0n) is 14.0. The maximum Gasteiger partial charge on any atom is 0.308 e. The minimum Gasteiger partial charge on any atom is -0.481 e. The molecule has 24 heavy (non-hydrogen) atoms. The van der Waals surface area contributed by atoms with Crippen molar-refractivity contribution in [1.29, 1.82) is 0 Å². The average molecular weight is 354 g/mol. The molecule has 0 aliphatic carbocycles. The van der Waals surface area contributed by atoms with Crippen LogP contribution < -0.4 is 4.72 Å². The van der Waals surface area contributed by atoms with E-state index in [4.69, 9.17) is 5.11 Å². The molecule has 0 radical (unpaired) electrons. The molecule has 8 heteroatoms. The van der Waals surface area contributed by atoms with E-state index in [0.29, 0.717) is 30.5 Å². The summed E-state index contributed by atoms with van der Waals surface area (Å²) in [6, 6.07) is 3.01. The maximum atomic E-state index is 12.7. The fourth-order valence-corrected chi connectivity index (χ4v) is 3.95. The molecule has 1 heterocycles. The molecule has 1 saturated heterocycles. The molecule has 1 aliphatic rings. The molecule has 1 fully saturated rings. The number of carboxylic acids is 1. The van der Waals surface area contributed by atoms with Crippen molar-refractivity contribution in [1.82, 2.24) is 9.62 Å². The molecule has 1 aromatic carbocycles. The molecule has 2 rings (SSSR count). The van der Waals surface area contributed by atoms with Crippen molar-refractivity contribution in [3.63, 3.8) is 0 Å². The summed E-state index contributed by atoms with van der Waals surface area (Å²) >= 11 is 0. The van der Waals surface area contributed by atoms with E-state index in [1.165, 1.54) is 18.0 Å². The molecule has 0 saturated carbocycles. The number of amides is 1. The third-order valence-electron chi connectivity index (χ3n) is 4.48. The molecule has 0 unspecified atom stereocenters. The van der Waals surface area contributed by atoms with Crippen molar-refractivity contribution in [3.8, 4) is 0 Å². The Labute approximate surface area is 141 Å². The van der Waals surface area contributed by atoms with Crippen LogP contribution in [0.5, 0.6) is 0 Å². The number of piperidine rings is 1. The first kappa shape index (κ1) is 18.4. The first-order valence-electron chi connectivity index (χ1n) is 7.74. The zero-order valence-corrected chi connectivity index (χ0v) is 14.8. The van der Waals surface area contributed by atoms with E-state index in [-0.39, 0.29) is 22.9 Å². The highest BCUT2D eigenvalue weighted by molar-refractivity contribution is 7.89. The lowest BCUT2D eigenvalue weighted by atomic mass is 9.97. The van der Waals surface area contributed by atoms with Gasteiger partial charge in [0.2, 0.25) is 10.0 Å². The van der Waals surface area contributed by atoms with Crippen LogP contribution in [0.3, 0.4) is 0 Å². The third-order valence-corrected chi connectivity index (χ3v) is 6.02. The van der Waals surface area contributed by atoms with Crippen molar-refractivity contribution in [2.45, 2.75) is 31.6 Å². The van der Waals surface area contributed by atoms with Gasteiger partial charge in [0.05, 0.1) is 10.8 Å². The van der Waals surface area contributed by atoms with Crippen LogP contribution in [-0.2, 0) is 14.8 Å². The number of sulfonamides is 1. The summed E-state index contributed by atoms with van der Waals surface area (Å²) in [7, 11) is -2.36. The Morgan fingerprint density at radius 3 is 2.54 bits per heavy atom. The first-order chi connectivity index (χ1) is 11.2. The Balaban J connectivity index is 2.38. The molecule has 7 nitrogen and oxygen atoms in total. The first-order valence-corrected chi connectivity index (χ1v) is 9.22. The highest BCUT2D eigenvalue weighted by Gasteiger charge is 2.29. The minimum atomic E-state index is -3.68. The smallest absolute Gasteiger partial charge is 0.308 e. The summed E-state index contributed by atoms with van der Waals surface area (Å²) < 4.78 is 26.6. The number of likely N-dealkylation sites (tertiary alicyclic amines) is 1. The van der Waals surface area contributed by atoms with E-state index in [1.807, 2.05) is 0 Å². The predicted molar refractivity (Wildman–Crippen MR) is 88.4 cm³/mol. The standard InChI is InChI=1S/C16H22N2O5S/c1-10-7-13(8-14(11(10)2)24(22,23)17-3)15(19)18-6-4-5-12(9-18)16(20)21/h7-8,12,17H,4-6,9H2,1-3H3,(H,20,21)/t12-/m0/s1. The summed E-state index contributed by atoms with van der Waals surface area (Å²) in [5.74, 6) is -1.82. The van der Waals surface area contributed by atoms with Gasteiger partial charge < -0.3 is 10.0 Å². The molecular formula is C16H22N2O5S. The fraction of sp³-hybridized carbons (Fsp3) is 0.500. The third kappa shape index (κ3) is 3.59. The van der Waals surface area contributed by atoms with Crippen molar-refractivity contribution in [3.05, 3.63) is 28.8 Å². The van der Waals surface area contributed by atoms with Crippen LogP contribution in [-0.4, -0.2) is 50.4 Å². The van der Waals surface area contributed by atoms with Crippen LogP contribution in [0, 0.1) is 19.8 Å². The van der Waals surface area contributed by atoms with Gasteiger partial charge in [0, 0.05) is 18.7 Å². The lowest BCUT2D eigenvalue weighted by Crippen LogP contribution is -2.42. The van der Waals surface area contributed by atoms with Crippen LogP contribution in [0.25, 0.3) is 0 Å². The molecule has 1 atom stereocenters. The lowest BCUT2D eigenvalue weighted by molar-refractivity contribution is -0.143. The van der Waals surface area contributed by atoms with Gasteiger partial charge in [-0.2, -0.15) is 0 Å². The van der Waals surface area contributed by atoms with Crippen LogP contribution in [0.15, 0.2) is 17.0 Å². The molecule has 2 N–H and O–H groups in total. The summed E-state index contributed by atoms with van der Waals surface area (Å²) in [5, 5.41) is 9.15. The number of aliphatic carboxylic acids is 1. The van der Waals surface area contributed by atoms with Gasteiger partial charge in [0.1, 0.15) is 0 Å². The number of carbonyl (C=O) groups is 2. The van der Waals surface area contributed by atoms with Gasteiger partial charge in [0.25, 0.3) is 5.91 Å². The fourth-order valence-electron chi connectivity index (χ4n) is 2.89. The lowest BCUT2D eigenvalue weighted by Gasteiger charge is -2.31. The van der Waals surface area contributed by atoms with E-state index in [9.17, 15) is 18.0 Å². The number of carboxylic acid groups (broad SMARTS) is 1. The molecule has 1 aliphatic heterocycles. The van der Waals surface area contributed by atoms with Crippen molar-refractivity contribution >= 4 is 21.9 Å². The van der Waals surface area contributed by atoms with E-state index >= 15 is 0 Å². The quantitative estimate of drug-likeness (QED) is 0.844. The topological polar surface area (TPSA) is 104 Å². The second kappa shape index (κ2) is 6.90. The van der Waals surface area contributed by atoms with Gasteiger partial charge in [-0.3, -0.25) is 9.59 Å². The number of hydrogen-bond acceptors (Lipinski definition) is 4. The number of rotatable bonds is 4. The van der Waals surface area contributed by atoms with Crippen LogP contribution in [0.4, 0.5) is 0 Å². The molecule has 0 bridgehead atoms. The van der Waals surface area contributed by atoms with Gasteiger partial charge in [-0.05, 0) is 57.0 Å². The number of hydrogen-bond donors (Lipinski definition) is 2. The Morgan fingerprint density at radius 1 is 1.29 bits per heavy atom. The van der Waals surface area contributed by atoms with E-state index in [1.54, 1.807) is 19.9 Å². The summed E-state index contributed by atoms with van der Waals surface area (Å²) in [6.45, 7) is 4.06. The normalized spacial score (nSPS) is 18.5. The van der Waals surface area contributed by atoms with Gasteiger partial charge in [-0.1, -0.05) is 0 Å². The van der Waals surface area contributed by atoms with Gasteiger partial charge in [-0.15, -0.1) is 0 Å². The number of aryl methyl sites for hydroxylation is 1. The van der Waals surface area contributed by atoms with E-state index < -0.39 is 21.9 Å². The molecule has 0 aromatic heterocycles. The van der Waals surface area contributed by atoms with Crippen molar-refractivity contribution in [2.24, 2.45) is 5.92 Å². The van der Waals surface area contributed by atoms with Crippen molar-refractivity contribution in [2.75, 3.05) is 20.1 Å². The molecule has 0 spiro atoms. The largest absolute Gasteiger partial charge is 0.481 e. The Morgan fingerprint density at radius 2 is 1.96 bits per heavy atom. The highest BCUT2D eigenvalue weighted by atomic mass is 32.2. The van der Waals surface area contributed by atoms with E-state index in [2.05, 4.69) is 4.72 Å². The summed E-state index contributed by atoms with van der Waals surface area (Å²) in [5.41, 5.74) is 1.54. The zero-order chi connectivity index (χ0) is 18.1. The van der Waals surface area contributed by atoms with E-state index in [0.717, 1.165) is 0 Å². The predicted octanol–water partition coefficient (Wildman–Crippen LogP) is 1.15. The molecule has 1 amide bonds. The van der Waals surface area contributed by atoms with Crippen LogP contribution in [0.2, 0.25) is 0 Å². The van der Waals surface area contributed by atoms with Crippen LogP contribution >= 0.6 is 0 Å². The Kier molecular flexibility index (Phi) is 5.29. The maximum absolute atomic E-state index is 12.7. The molecular weight excluding hydrogens is 332 g/mol. The number of carbonyl (C=O) groups excluding carboxylic acids is 1. The average Bonchev–Trinajstić information content (AvgIpc) is 2.56. The second-order valence-corrected chi connectivity index (χ2v) is 7.91. The number of nitrogens with one attached hydrogen (secondary N) is 1. The van der Waals surface area contributed by atoms with Gasteiger partial charge in [-0.25, -0.2) is 13.1 Å². The highest BCUT2D eigenvalue weighted by Crippen LogP contribution is 2.24. The monoisotopic (exact) mass is 354 g/mol. The second-order valence-electron chi connectivity index (χ2n) is 6.05. The minimum absolute atomic E-state index is 0.0696. The van der Waals surface area contributed by atoms with Crippen LogP contribution in [0.1, 0.15) is 34.3 Å². The SMILES string of the molecule is CNS(=O)(=O)c1cc(C(=O)N2CCC[C@H](C(=O)O)C2)cc(C)c1C. The number of benzene rings is 1. The Hall–Kier alpha value is -1.93. The van der Waals surface area contributed by atoms with Gasteiger partial charge in [0.15, 0.2) is 0 Å². The summed E-state index contributed by atoms with van der Waals surface area (Å²) in [4.78, 5) is 25.4. The Bertz CT molecular complexity index is 773. The molecule has 1 aromatic rings. The summed E-state index contributed by atoms with van der Waals surface area (Å²) in [6.07, 6.45) is 1.17.